The molecule has 0 bridgehead atoms. The van der Waals surface area contributed by atoms with Crippen LogP contribution in [0.3, 0.4) is 0 Å². The van der Waals surface area contributed by atoms with Crippen LogP contribution >= 0.6 is 0 Å². The zero-order valence-corrected chi connectivity index (χ0v) is 8.18. The van der Waals surface area contributed by atoms with Crippen LogP contribution in [0.15, 0.2) is 12.7 Å². The van der Waals surface area contributed by atoms with Crippen LogP contribution in [0.5, 0.6) is 0 Å². The Labute approximate surface area is 76.2 Å². The van der Waals surface area contributed by atoms with Crippen molar-refractivity contribution >= 4 is 0 Å². The van der Waals surface area contributed by atoms with Gasteiger partial charge in [-0.15, -0.1) is 6.58 Å². The first-order valence-electron chi connectivity index (χ1n) is 5.14. The van der Waals surface area contributed by atoms with Gasteiger partial charge in [0.1, 0.15) is 0 Å². The van der Waals surface area contributed by atoms with Gasteiger partial charge in [0.25, 0.3) is 0 Å². The molecule has 0 radical (unpaired) electrons. The van der Waals surface area contributed by atoms with E-state index < -0.39 is 0 Å². The quantitative estimate of drug-likeness (QED) is 0.501. The maximum absolute atomic E-state index is 3.70. The van der Waals surface area contributed by atoms with E-state index in [4.69, 9.17) is 0 Å². The van der Waals surface area contributed by atoms with Crippen LogP contribution in [-0.4, -0.2) is 13.1 Å². The maximum atomic E-state index is 3.70. The van der Waals surface area contributed by atoms with Crippen LogP contribution in [0.2, 0.25) is 0 Å². The lowest BCUT2D eigenvalue weighted by Gasteiger charge is -2.26. The molecule has 0 aliphatic heterocycles. The highest BCUT2D eigenvalue weighted by Crippen LogP contribution is 2.27. The van der Waals surface area contributed by atoms with Gasteiger partial charge in [-0.05, 0) is 31.2 Å². The van der Waals surface area contributed by atoms with Crippen LogP contribution < -0.4 is 5.32 Å². The Kier molecular flexibility index (Phi) is 4.37. The van der Waals surface area contributed by atoms with Crippen molar-refractivity contribution in [2.75, 3.05) is 13.1 Å². The predicted molar refractivity (Wildman–Crippen MR) is 54.2 cm³/mol. The Morgan fingerprint density at radius 2 is 2.33 bits per heavy atom. The van der Waals surface area contributed by atoms with E-state index in [1.54, 1.807) is 0 Å². The van der Waals surface area contributed by atoms with Gasteiger partial charge in [-0.2, -0.15) is 0 Å². The fourth-order valence-electron chi connectivity index (χ4n) is 2.13. The smallest absolute Gasteiger partial charge is 0.0132 e. The molecular weight excluding hydrogens is 146 g/mol. The number of hydrogen-bond donors (Lipinski definition) is 1. The molecule has 1 rings (SSSR count). The second kappa shape index (κ2) is 5.36. The molecular formula is C11H21N. The number of rotatable bonds is 4. The average Bonchev–Trinajstić information content (AvgIpc) is 2.05. The van der Waals surface area contributed by atoms with Crippen molar-refractivity contribution in [1.29, 1.82) is 0 Å². The SMILES string of the molecule is C=CCNCC1CCCC(C)C1. The molecule has 2 unspecified atom stereocenters. The van der Waals surface area contributed by atoms with Gasteiger partial charge in [0.05, 0.1) is 0 Å². The molecule has 12 heavy (non-hydrogen) atoms. The summed E-state index contributed by atoms with van der Waals surface area (Å²) in [4.78, 5) is 0. The summed E-state index contributed by atoms with van der Waals surface area (Å²) in [5.74, 6) is 1.88. The zero-order valence-electron chi connectivity index (χ0n) is 8.18. The van der Waals surface area contributed by atoms with Gasteiger partial charge in [0.2, 0.25) is 0 Å². The van der Waals surface area contributed by atoms with E-state index >= 15 is 0 Å². The van der Waals surface area contributed by atoms with Crippen LogP contribution in [0.25, 0.3) is 0 Å². The van der Waals surface area contributed by atoms with E-state index in [-0.39, 0.29) is 0 Å². The summed E-state index contributed by atoms with van der Waals surface area (Å²) in [7, 11) is 0. The Bertz CT molecular complexity index is 131. The summed E-state index contributed by atoms with van der Waals surface area (Å²) in [6.07, 6.45) is 7.66. The van der Waals surface area contributed by atoms with Gasteiger partial charge < -0.3 is 5.32 Å². The third-order valence-electron chi connectivity index (χ3n) is 2.77. The highest BCUT2D eigenvalue weighted by molar-refractivity contribution is 4.75. The molecule has 1 aliphatic rings. The molecule has 70 valence electrons. The van der Waals surface area contributed by atoms with Crippen molar-refractivity contribution in [2.24, 2.45) is 11.8 Å². The molecule has 1 nitrogen and oxygen atoms in total. The first-order valence-corrected chi connectivity index (χ1v) is 5.14. The molecule has 0 saturated heterocycles. The topological polar surface area (TPSA) is 12.0 Å². The Balaban J connectivity index is 2.09. The average molecular weight is 167 g/mol. The third-order valence-corrected chi connectivity index (χ3v) is 2.77. The van der Waals surface area contributed by atoms with Gasteiger partial charge in [-0.1, -0.05) is 25.8 Å². The van der Waals surface area contributed by atoms with E-state index in [1.165, 1.54) is 32.2 Å². The second-order valence-corrected chi connectivity index (χ2v) is 4.08. The molecule has 1 fully saturated rings. The minimum Gasteiger partial charge on any atom is -0.313 e. The summed E-state index contributed by atoms with van der Waals surface area (Å²) >= 11 is 0. The lowest BCUT2D eigenvalue weighted by molar-refractivity contribution is 0.277. The normalized spacial score (nSPS) is 30.1. The Morgan fingerprint density at radius 3 is 3.00 bits per heavy atom. The fourth-order valence-corrected chi connectivity index (χ4v) is 2.13. The van der Waals surface area contributed by atoms with Crippen molar-refractivity contribution in [3.8, 4) is 0 Å². The largest absolute Gasteiger partial charge is 0.313 e. The molecule has 1 heteroatoms. The highest BCUT2D eigenvalue weighted by atomic mass is 14.8. The second-order valence-electron chi connectivity index (χ2n) is 4.08. The maximum Gasteiger partial charge on any atom is 0.0132 e. The molecule has 0 aromatic rings. The lowest BCUT2D eigenvalue weighted by atomic mass is 9.82. The lowest BCUT2D eigenvalue weighted by Crippen LogP contribution is -2.26. The first-order chi connectivity index (χ1) is 5.83. The van der Waals surface area contributed by atoms with Crippen LogP contribution in [0.4, 0.5) is 0 Å². The van der Waals surface area contributed by atoms with Crippen molar-refractivity contribution in [3.05, 3.63) is 12.7 Å². The monoisotopic (exact) mass is 167 g/mol. The third kappa shape index (κ3) is 3.40. The molecule has 1 N–H and O–H groups in total. The van der Waals surface area contributed by atoms with E-state index in [0.29, 0.717) is 0 Å². The zero-order chi connectivity index (χ0) is 8.81. The van der Waals surface area contributed by atoms with Gasteiger partial charge in [0.15, 0.2) is 0 Å². The van der Waals surface area contributed by atoms with Crippen molar-refractivity contribution in [3.63, 3.8) is 0 Å². The molecule has 0 spiro atoms. The van der Waals surface area contributed by atoms with E-state index in [1.807, 2.05) is 6.08 Å². The highest BCUT2D eigenvalue weighted by Gasteiger charge is 2.17. The van der Waals surface area contributed by atoms with Gasteiger partial charge >= 0.3 is 0 Å². The standard InChI is InChI=1S/C11H21N/c1-3-7-12-9-11-6-4-5-10(2)8-11/h3,10-12H,1,4-9H2,2H3. The molecule has 0 aromatic carbocycles. The minimum atomic E-state index is 0.925. The molecule has 0 aromatic heterocycles. The van der Waals surface area contributed by atoms with Gasteiger partial charge in [0, 0.05) is 6.54 Å². The predicted octanol–water partition coefficient (Wildman–Crippen LogP) is 2.59. The summed E-state index contributed by atoms with van der Waals surface area (Å²) < 4.78 is 0. The fraction of sp³-hybridized carbons (Fsp3) is 0.818. The van der Waals surface area contributed by atoms with Crippen molar-refractivity contribution in [2.45, 2.75) is 32.6 Å². The minimum absolute atomic E-state index is 0.925. The summed E-state index contributed by atoms with van der Waals surface area (Å²) in [5.41, 5.74) is 0. The van der Waals surface area contributed by atoms with E-state index in [0.717, 1.165) is 18.4 Å². The number of nitrogens with one attached hydrogen (secondary N) is 1. The summed E-state index contributed by atoms with van der Waals surface area (Å²) in [6.45, 7) is 8.22. The first kappa shape index (κ1) is 9.79. The Hall–Kier alpha value is -0.300. The van der Waals surface area contributed by atoms with Gasteiger partial charge in [-0.3, -0.25) is 0 Å². The van der Waals surface area contributed by atoms with E-state index in [9.17, 15) is 0 Å². The molecule has 2 atom stereocenters. The van der Waals surface area contributed by atoms with Crippen LogP contribution in [0.1, 0.15) is 32.6 Å². The molecule has 0 heterocycles. The van der Waals surface area contributed by atoms with Crippen molar-refractivity contribution in [1.82, 2.24) is 5.32 Å². The summed E-state index contributed by atoms with van der Waals surface area (Å²) in [6, 6.07) is 0. The van der Waals surface area contributed by atoms with Crippen LogP contribution in [0, 0.1) is 11.8 Å². The van der Waals surface area contributed by atoms with Gasteiger partial charge in [-0.25, -0.2) is 0 Å². The molecule has 1 aliphatic carbocycles. The molecule has 1 saturated carbocycles. The van der Waals surface area contributed by atoms with Crippen LogP contribution in [-0.2, 0) is 0 Å². The molecule has 0 amide bonds. The number of hydrogen-bond acceptors (Lipinski definition) is 1. The summed E-state index contributed by atoms with van der Waals surface area (Å²) in [5, 5.41) is 3.41. The van der Waals surface area contributed by atoms with E-state index in [2.05, 4.69) is 18.8 Å². The Morgan fingerprint density at radius 1 is 1.50 bits per heavy atom. The van der Waals surface area contributed by atoms with Crippen molar-refractivity contribution < 1.29 is 0 Å².